The third kappa shape index (κ3) is 3.33. The highest BCUT2D eigenvalue weighted by Crippen LogP contribution is 2.18. The van der Waals surface area contributed by atoms with Gasteiger partial charge in [0.1, 0.15) is 0 Å². The second-order valence-electron chi connectivity index (χ2n) is 4.90. The first-order valence-electron chi connectivity index (χ1n) is 6.87. The number of nitrogens with one attached hydrogen (secondary N) is 2. The SMILES string of the molecule is CCC(COC)NC(=O)c1cccc2c1CCNC2. The Morgan fingerprint density at radius 2 is 2.37 bits per heavy atom. The maximum absolute atomic E-state index is 12.4. The molecule has 2 rings (SSSR count). The van der Waals surface area contributed by atoms with Crippen LogP contribution in [-0.4, -0.2) is 32.2 Å². The van der Waals surface area contributed by atoms with E-state index in [1.54, 1.807) is 7.11 Å². The van der Waals surface area contributed by atoms with E-state index in [9.17, 15) is 4.79 Å². The Hall–Kier alpha value is -1.39. The monoisotopic (exact) mass is 262 g/mol. The molecule has 1 aliphatic rings. The quantitative estimate of drug-likeness (QED) is 0.845. The minimum atomic E-state index is 0.0163. The van der Waals surface area contributed by atoms with Crippen LogP contribution in [0, 0.1) is 0 Å². The predicted molar refractivity (Wildman–Crippen MR) is 75.3 cm³/mol. The minimum Gasteiger partial charge on any atom is -0.383 e. The van der Waals surface area contributed by atoms with Crippen molar-refractivity contribution in [2.24, 2.45) is 0 Å². The fourth-order valence-corrected chi connectivity index (χ4v) is 2.47. The van der Waals surface area contributed by atoms with Crippen molar-refractivity contribution >= 4 is 5.91 Å². The number of methoxy groups -OCH3 is 1. The maximum Gasteiger partial charge on any atom is 0.251 e. The van der Waals surface area contributed by atoms with Crippen molar-refractivity contribution < 1.29 is 9.53 Å². The highest BCUT2D eigenvalue weighted by atomic mass is 16.5. The van der Waals surface area contributed by atoms with Crippen molar-refractivity contribution in [2.45, 2.75) is 32.4 Å². The maximum atomic E-state index is 12.4. The molecule has 2 N–H and O–H groups in total. The zero-order chi connectivity index (χ0) is 13.7. The molecule has 4 heteroatoms. The molecule has 104 valence electrons. The number of rotatable bonds is 5. The molecule has 1 aromatic carbocycles. The van der Waals surface area contributed by atoms with Crippen LogP contribution in [0.2, 0.25) is 0 Å². The van der Waals surface area contributed by atoms with Crippen LogP contribution in [0.25, 0.3) is 0 Å². The third-order valence-corrected chi connectivity index (χ3v) is 3.58. The van der Waals surface area contributed by atoms with Gasteiger partial charge in [-0.15, -0.1) is 0 Å². The van der Waals surface area contributed by atoms with Crippen LogP contribution in [0.1, 0.15) is 34.8 Å². The van der Waals surface area contributed by atoms with E-state index in [1.165, 1.54) is 11.1 Å². The van der Waals surface area contributed by atoms with E-state index in [1.807, 2.05) is 19.1 Å². The zero-order valence-corrected chi connectivity index (χ0v) is 11.7. The van der Waals surface area contributed by atoms with E-state index >= 15 is 0 Å². The molecule has 1 atom stereocenters. The first-order valence-corrected chi connectivity index (χ1v) is 6.87. The van der Waals surface area contributed by atoms with E-state index < -0.39 is 0 Å². The summed E-state index contributed by atoms with van der Waals surface area (Å²) in [6, 6.07) is 6.04. The van der Waals surface area contributed by atoms with E-state index in [-0.39, 0.29) is 11.9 Å². The topological polar surface area (TPSA) is 50.4 Å². The molecule has 4 nitrogen and oxygen atoms in total. The van der Waals surface area contributed by atoms with Gasteiger partial charge in [0.25, 0.3) is 5.91 Å². The van der Waals surface area contributed by atoms with Gasteiger partial charge in [0.2, 0.25) is 0 Å². The first kappa shape index (κ1) is 14.0. The number of hydrogen-bond donors (Lipinski definition) is 2. The highest BCUT2D eigenvalue weighted by molar-refractivity contribution is 5.96. The van der Waals surface area contributed by atoms with Crippen molar-refractivity contribution in [3.05, 3.63) is 34.9 Å². The van der Waals surface area contributed by atoms with Gasteiger partial charge in [0, 0.05) is 19.2 Å². The Morgan fingerprint density at radius 1 is 1.53 bits per heavy atom. The molecule has 0 aromatic heterocycles. The van der Waals surface area contributed by atoms with Gasteiger partial charge in [0.15, 0.2) is 0 Å². The molecule has 0 aliphatic carbocycles. The Labute approximate surface area is 114 Å². The standard InChI is InChI=1S/C15H22N2O2/c1-3-12(10-19-2)17-15(18)14-6-4-5-11-9-16-8-7-13(11)14/h4-6,12,16H,3,7-10H2,1-2H3,(H,17,18). The summed E-state index contributed by atoms with van der Waals surface area (Å²) in [5.74, 6) is 0.0163. The number of amides is 1. The number of fused-ring (bicyclic) bond motifs is 1. The van der Waals surface area contributed by atoms with Crippen molar-refractivity contribution in [1.82, 2.24) is 10.6 Å². The minimum absolute atomic E-state index is 0.0163. The summed E-state index contributed by atoms with van der Waals surface area (Å²) in [6.07, 6.45) is 1.79. The molecule has 0 saturated heterocycles. The molecule has 0 fully saturated rings. The smallest absolute Gasteiger partial charge is 0.251 e. The van der Waals surface area contributed by atoms with Crippen LogP contribution in [0.5, 0.6) is 0 Å². The molecule has 19 heavy (non-hydrogen) atoms. The fraction of sp³-hybridized carbons (Fsp3) is 0.533. The van der Waals surface area contributed by atoms with E-state index in [2.05, 4.69) is 16.7 Å². The molecule has 1 aromatic rings. The third-order valence-electron chi connectivity index (χ3n) is 3.58. The van der Waals surface area contributed by atoms with Crippen LogP contribution in [0.15, 0.2) is 18.2 Å². The van der Waals surface area contributed by atoms with Crippen molar-refractivity contribution in [3.8, 4) is 0 Å². The van der Waals surface area contributed by atoms with Crippen LogP contribution >= 0.6 is 0 Å². The molecular weight excluding hydrogens is 240 g/mol. The number of benzene rings is 1. The number of carbonyl (C=O) groups excluding carboxylic acids is 1. The van der Waals surface area contributed by atoms with Gasteiger partial charge in [-0.05, 0) is 36.6 Å². The van der Waals surface area contributed by atoms with E-state index in [0.29, 0.717) is 6.61 Å². The zero-order valence-electron chi connectivity index (χ0n) is 11.7. The molecule has 1 aliphatic heterocycles. The average molecular weight is 262 g/mol. The summed E-state index contributed by atoms with van der Waals surface area (Å²) in [6.45, 7) is 4.39. The summed E-state index contributed by atoms with van der Waals surface area (Å²) in [4.78, 5) is 12.4. The summed E-state index contributed by atoms with van der Waals surface area (Å²) < 4.78 is 5.12. The molecule has 0 saturated carbocycles. The number of ether oxygens (including phenoxy) is 1. The lowest BCUT2D eigenvalue weighted by atomic mass is 9.95. The largest absolute Gasteiger partial charge is 0.383 e. The molecule has 0 spiro atoms. The lowest BCUT2D eigenvalue weighted by Gasteiger charge is -2.22. The lowest BCUT2D eigenvalue weighted by molar-refractivity contribution is 0.0893. The first-order chi connectivity index (χ1) is 9.26. The predicted octanol–water partition coefficient (Wildman–Crippen LogP) is 1.49. The van der Waals surface area contributed by atoms with E-state index in [0.717, 1.165) is 31.5 Å². The molecular formula is C15H22N2O2. The second kappa shape index (κ2) is 6.68. The van der Waals surface area contributed by atoms with Crippen LogP contribution in [0.4, 0.5) is 0 Å². The van der Waals surface area contributed by atoms with Gasteiger partial charge in [-0.1, -0.05) is 19.1 Å². The van der Waals surface area contributed by atoms with Gasteiger partial charge in [0.05, 0.1) is 12.6 Å². The molecule has 0 bridgehead atoms. The van der Waals surface area contributed by atoms with Gasteiger partial charge in [-0.2, -0.15) is 0 Å². The molecule has 0 radical (unpaired) electrons. The van der Waals surface area contributed by atoms with Crippen molar-refractivity contribution in [1.29, 1.82) is 0 Å². The average Bonchev–Trinajstić information content (AvgIpc) is 2.46. The Balaban J connectivity index is 2.15. The lowest BCUT2D eigenvalue weighted by Crippen LogP contribution is -2.38. The summed E-state index contributed by atoms with van der Waals surface area (Å²) in [7, 11) is 1.66. The Morgan fingerprint density at radius 3 is 3.11 bits per heavy atom. The van der Waals surface area contributed by atoms with E-state index in [4.69, 9.17) is 4.74 Å². The summed E-state index contributed by atoms with van der Waals surface area (Å²) >= 11 is 0. The summed E-state index contributed by atoms with van der Waals surface area (Å²) in [5, 5.41) is 6.38. The Bertz CT molecular complexity index is 446. The van der Waals surface area contributed by atoms with Crippen molar-refractivity contribution in [2.75, 3.05) is 20.3 Å². The van der Waals surface area contributed by atoms with Gasteiger partial charge in [-0.3, -0.25) is 4.79 Å². The van der Waals surface area contributed by atoms with Crippen LogP contribution < -0.4 is 10.6 Å². The number of hydrogen-bond acceptors (Lipinski definition) is 3. The molecule has 1 amide bonds. The van der Waals surface area contributed by atoms with Crippen LogP contribution in [-0.2, 0) is 17.7 Å². The van der Waals surface area contributed by atoms with Crippen LogP contribution in [0.3, 0.4) is 0 Å². The summed E-state index contributed by atoms with van der Waals surface area (Å²) in [5.41, 5.74) is 3.23. The van der Waals surface area contributed by atoms with Crippen molar-refractivity contribution in [3.63, 3.8) is 0 Å². The second-order valence-corrected chi connectivity index (χ2v) is 4.90. The fourth-order valence-electron chi connectivity index (χ4n) is 2.47. The number of carbonyl (C=O) groups is 1. The Kier molecular flexibility index (Phi) is 4.93. The molecule has 1 heterocycles. The van der Waals surface area contributed by atoms with Gasteiger partial charge in [-0.25, -0.2) is 0 Å². The normalized spacial score (nSPS) is 15.7. The molecule has 1 unspecified atom stereocenters. The highest BCUT2D eigenvalue weighted by Gasteiger charge is 2.19. The van der Waals surface area contributed by atoms with Gasteiger partial charge < -0.3 is 15.4 Å². The van der Waals surface area contributed by atoms with Gasteiger partial charge >= 0.3 is 0 Å².